The van der Waals surface area contributed by atoms with Crippen molar-refractivity contribution < 1.29 is 0 Å². The van der Waals surface area contributed by atoms with E-state index < -0.39 is 0 Å². The third-order valence-electron chi connectivity index (χ3n) is 1.68. The quantitative estimate of drug-likeness (QED) is 0.605. The average molecular weight is 288 g/mol. The number of nitrogens with zero attached hydrogens (tertiary/aromatic N) is 2. The molecule has 0 N–H and O–H groups in total. The van der Waals surface area contributed by atoms with Crippen LogP contribution < -0.4 is 5.56 Å². The molecule has 0 amide bonds. The molecule has 0 bridgehead atoms. The van der Waals surface area contributed by atoms with Gasteiger partial charge < -0.3 is 0 Å². The summed E-state index contributed by atoms with van der Waals surface area (Å²) in [6.45, 7) is 2.35. The number of hydrogen-bond acceptors (Lipinski definition) is 2. The van der Waals surface area contributed by atoms with Crippen LogP contribution in [0.3, 0.4) is 0 Å². The van der Waals surface area contributed by atoms with E-state index >= 15 is 0 Å². The largest absolute Gasteiger partial charge is 0.295 e. The SMILES string of the molecule is C#CCCn1c(C)ncc(I)c1=O. The fourth-order valence-corrected chi connectivity index (χ4v) is 1.42. The minimum atomic E-state index is -0.0108. The zero-order chi connectivity index (χ0) is 9.84. The van der Waals surface area contributed by atoms with Crippen molar-refractivity contribution in [3.8, 4) is 12.3 Å². The molecule has 1 rings (SSSR count). The van der Waals surface area contributed by atoms with Gasteiger partial charge in [0, 0.05) is 19.2 Å². The molecule has 68 valence electrons. The minimum Gasteiger partial charge on any atom is -0.295 e. The molecule has 0 unspecified atom stereocenters. The Kier molecular flexibility index (Phi) is 3.48. The van der Waals surface area contributed by atoms with Gasteiger partial charge in [-0.2, -0.15) is 0 Å². The summed E-state index contributed by atoms with van der Waals surface area (Å²) in [5.74, 6) is 3.21. The van der Waals surface area contributed by atoms with Gasteiger partial charge in [0.1, 0.15) is 5.82 Å². The van der Waals surface area contributed by atoms with Crippen molar-refractivity contribution in [2.45, 2.75) is 19.9 Å². The van der Waals surface area contributed by atoms with Crippen molar-refractivity contribution >= 4 is 22.6 Å². The first-order valence-electron chi connectivity index (χ1n) is 3.82. The standard InChI is InChI=1S/C9H9IN2O/c1-3-4-5-12-7(2)11-6-8(10)9(12)13/h1,6H,4-5H2,2H3. The Morgan fingerprint density at radius 2 is 2.46 bits per heavy atom. The summed E-state index contributed by atoms with van der Waals surface area (Å²) >= 11 is 1.97. The molecule has 1 heterocycles. The molecule has 0 aliphatic heterocycles. The van der Waals surface area contributed by atoms with Crippen LogP contribution >= 0.6 is 22.6 Å². The van der Waals surface area contributed by atoms with Gasteiger partial charge in [0.15, 0.2) is 0 Å². The van der Waals surface area contributed by atoms with Crippen LogP contribution in [0.2, 0.25) is 0 Å². The normalized spacial score (nSPS) is 9.62. The molecule has 0 aromatic carbocycles. The monoisotopic (exact) mass is 288 g/mol. The summed E-state index contributed by atoms with van der Waals surface area (Å²) in [6.07, 6.45) is 7.26. The molecule has 0 radical (unpaired) electrons. The van der Waals surface area contributed by atoms with Crippen molar-refractivity contribution in [1.29, 1.82) is 0 Å². The summed E-state index contributed by atoms with van der Waals surface area (Å²) in [5.41, 5.74) is -0.0108. The van der Waals surface area contributed by atoms with E-state index in [-0.39, 0.29) is 5.56 Å². The zero-order valence-corrected chi connectivity index (χ0v) is 9.41. The van der Waals surface area contributed by atoms with Crippen molar-refractivity contribution in [3.05, 3.63) is 25.9 Å². The van der Waals surface area contributed by atoms with Crippen LogP contribution in [-0.2, 0) is 6.54 Å². The molecule has 0 spiro atoms. The Morgan fingerprint density at radius 3 is 3.08 bits per heavy atom. The van der Waals surface area contributed by atoms with Crippen molar-refractivity contribution in [2.75, 3.05) is 0 Å². The topological polar surface area (TPSA) is 34.9 Å². The Balaban J connectivity index is 3.12. The molecule has 1 aromatic heterocycles. The van der Waals surface area contributed by atoms with Gasteiger partial charge in [-0.05, 0) is 29.5 Å². The lowest BCUT2D eigenvalue weighted by Gasteiger charge is -2.06. The van der Waals surface area contributed by atoms with E-state index in [0.29, 0.717) is 22.4 Å². The van der Waals surface area contributed by atoms with Crippen molar-refractivity contribution in [1.82, 2.24) is 9.55 Å². The summed E-state index contributed by atoms with van der Waals surface area (Å²) in [6, 6.07) is 0. The number of rotatable bonds is 2. The van der Waals surface area contributed by atoms with E-state index in [0.717, 1.165) is 0 Å². The molecule has 1 aromatic rings. The highest BCUT2D eigenvalue weighted by Gasteiger charge is 2.03. The van der Waals surface area contributed by atoms with Gasteiger partial charge >= 0.3 is 0 Å². The van der Waals surface area contributed by atoms with Gasteiger partial charge in [-0.25, -0.2) is 4.98 Å². The first-order valence-corrected chi connectivity index (χ1v) is 4.90. The predicted octanol–water partition coefficient (Wildman–Crippen LogP) is 1.18. The van der Waals surface area contributed by atoms with Gasteiger partial charge in [0.05, 0.1) is 3.57 Å². The second-order valence-corrected chi connectivity index (χ2v) is 3.73. The highest BCUT2D eigenvalue weighted by Crippen LogP contribution is 1.98. The van der Waals surface area contributed by atoms with E-state index in [9.17, 15) is 4.79 Å². The molecular weight excluding hydrogens is 279 g/mol. The highest BCUT2D eigenvalue weighted by molar-refractivity contribution is 14.1. The van der Waals surface area contributed by atoms with Gasteiger partial charge in [-0.3, -0.25) is 9.36 Å². The number of terminal acetylenes is 1. The second-order valence-electron chi connectivity index (χ2n) is 2.56. The number of halogens is 1. The molecule has 4 heteroatoms. The van der Waals surface area contributed by atoms with E-state index in [1.54, 1.807) is 17.7 Å². The Bertz CT molecular complexity index is 403. The molecule has 13 heavy (non-hydrogen) atoms. The first-order chi connectivity index (χ1) is 6.16. The second kappa shape index (κ2) is 4.42. The molecule has 0 aliphatic rings. The van der Waals surface area contributed by atoms with E-state index in [1.807, 2.05) is 22.6 Å². The molecule has 0 aliphatic carbocycles. The van der Waals surface area contributed by atoms with E-state index in [1.165, 1.54) is 0 Å². The lowest BCUT2D eigenvalue weighted by molar-refractivity contribution is 0.641. The molecule has 0 saturated carbocycles. The molecular formula is C9H9IN2O. The van der Waals surface area contributed by atoms with Crippen molar-refractivity contribution in [2.24, 2.45) is 0 Å². The smallest absolute Gasteiger partial charge is 0.266 e. The zero-order valence-electron chi connectivity index (χ0n) is 7.25. The maximum atomic E-state index is 11.5. The summed E-state index contributed by atoms with van der Waals surface area (Å²) in [4.78, 5) is 15.6. The summed E-state index contributed by atoms with van der Waals surface area (Å²) < 4.78 is 2.22. The van der Waals surface area contributed by atoms with Crippen LogP contribution in [0.1, 0.15) is 12.2 Å². The lowest BCUT2D eigenvalue weighted by Crippen LogP contribution is -2.25. The van der Waals surface area contributed by atoms with Gasteiger partial charge in [-0.1, -0.05) is 0 Å². The molecule has 3 nitrogen and oxygen atoms in total. The fraction of sp³-hybridized carbons (Fsp3) is 0.333. The Morgan fingerprint density at radius 1 is 1.77 bits per heavy atom. The van der Waals surface area contributed by atoms with Crippen LogP contribution in [0, 0.1) is 22.8 Å². The van der Waals surface area contributed by atoms with Crippen LogP contribution in [-0.4, -0.2) is 9.55 Å². The highest BCUT2D eigenvalue weighted by atomic mass is 127. The number of hydrogen-bond donors (Lipinski definition) is 0. The summed E-state index contributed by atoms with van der Waals surface area (Å²) in [7, 11) is 0. The van der Waals surface area contributed by atoms with E-state index in [4.69, 9.17) is 6.42 Å². The number of aromatic nitrogens is 2. The van der Waals surface area contributed by atoms with Crippen molar-refractivity contribution in [3.63, 3.8) is 0 Å². The maximum Gasteiger partial charge on any atom is 0.266 e. The van der Waals surface area contributed by atoms with Gasteiger partial charge in [-0.15, -0.1) is 12.3 Å². The first kappa shape index (κ1) is 10.3. The molecule has 0 fully saturated rings. The number of aryl methyl sites for hydroxylation is 1. The third kappa shape index (κ3) is 2.31. The molecule has 0 atom stereocenters. The summed E-state index contributed by atoms with van der Waals surface area (Å²) in [5, 5.41) is 0. The van der Waals surface area contributed by atoms with Gasteiger partial charge in [0.2, 0.25) is 0 Å². The molecule has 0 saturated heterocycles. The fourth-order valence-electron chi connectivity index (χ4n) is 0.991. The third-order valence-corrected chi connectivity index (χ3v) is 2.42. The maximum absolute atomic E-state index is 11.5. The lowest BCUT2D eigenvalue weighted by atomic mass is 10.4. The Labute approximate surface area is 90.3 Å². The van der Waals surface area contributed by atoms with Crippen LogP contribution in [0.25, 0.3) is 0 Å². The van der Waals surface area contributed by atoms with Crippen LogP contribution in [0.4, 0.5) is 0 Å². The average Bonchev–Trinajstić information content (AvgIpc) is 2.12. The van der Waals surface area contributed by atoms with Crippen LogP contribution in [0.15, 0.2) is 11.0 Å². The van der Waals surface area contributed by atoms with Crippen LogP contribution in [0.5, 0.6) is 0 Å². The van der Waals surface area contributed by atoms with E-state index in [2.05, 4.69) is 10.9 Å². The Hall–Kier alpha value is -0.830. The van der Waals surface area contributed by atoms with Gasteiger partial charge in [0.25, 0.3) is 5.56 Å². The minimum absolute atomic E-state index is 0.0108. The predicted molar refractivity (Wildman–Crippen MR) is 59.4 cm³/mol.